The van der Waals surface area contributed by atoms with Crippen molar-refractivity contribution in [2.24, 2.45) is 0 Å². The number of nitrogens with zero attached hydrogens (tertiary/aromatic N) is 1. The molecular weight excluding hydrogens is 254 g/mol. The Labute approximate surface area is 118 Å². The molecule has 0 spiro atoms. The first-order chi connectivity index (χ1) is 9.78. The van der Waals surface area contributed by atoms with E-state index in [1.807, 2.05) is 25.1 Å². The van der Waals surface area contributed by atoms with Gasteiger partial charge in [0.15, 0.2) is 6.29 Å². The standard InChI is InChI=1S/C16H17NO3/c1-3-6-20-15-7-12(9-17-10-15)16-5-4-14(19-2)8-13(16)11-18/h4-5,7-11H,3,6H2,1-2H3. The van der Waals surface area contributed by atoms with Gasteiger partial charge in [-0.2, -0.15) is 0 Å². The van der Waals surface area contributed by atoms with Gasteiger partial charge in [0, 0.05) is 17.3 Å². The number of hydrogen-bond acceptors (Lipinski definition) is 4. The molecular formula is C16H17NO3. The van der Waals surface area contributed by atoms with Crippen molar-refractivity contribution in [3.8, 4) is 22.6 Å². The largest absolute Gasteiger partial charge is 0.497 e. The molecule has 0 saturated heterocycles. The molecule has 2 rings (SSSR count). The Kier molecular flexibility index (Phi) is 4.71. The zero-order valence-corrected chi connectivity index (χ0v) is 11.6. The van der Waals surface area contributed by atoms with E-state index in [1.54, 1.807) is 25.6 Å². The lowest BCUT2D eigenvalue weighted by Gasteiger charge is -2.09. The summed E-state index contributed by atoms with van der Waals surface area (Å²) in [6.07, 6.45) is 5.14. The Morgan fingerprint density at radius 3 is 2.75 bits per heavy atom. The number of carbonyl (C=O) groups excluding carboxylic acids is 1. The summed E-state index contributed by atoms with van der Waals surface area (Å²) >= 11 is 0. The van der Waals surface area contributed by atoms with Crippen LogP contribution in [-0.2, 0) is 0 Å². The molecule has 1 aromatic heterocycles. The minimum absolute atomic E-state index is 0.568. The van der Waals surface area contributed by atoms with Gasteiger partial charge in [-0.3, -0.25) is 9.78 Å². The molecule has 0 bridgehead atoms. The van der Waals surface area contributed by atoms with Crippen LogP contribution in [0, 0.1) is 0 Å². The highest BCUT2D eigenvalue weighted by Gasteiger charge is 2.08. The Morgan fingerprint density at radius 1 is 1.20 bits per heavy atom. The van der Waals surface area contributed by atoms with Crippen molar-refractivity contribution in [1.29, 1.82) is 0 Å². The van der Waals surface area contributed by atoms with Crippen LogP contribution in [0.15, 0.2) is 36.7 Å². The second-order valence-electron chi connectivity index (χ2n) is 4.33. The Balaban J connectivity index is 2.37. The molecule has 0 aliphatic heterocycles. The first-order valence-corrected chi connectivity index (χ1v) is 6.50. The second-order valence-corrected chi connectivity index (χ2v) is 4.33. The predicted octanol–water partition coefficient (Wildman–Crippen LogP) is 3.36. The Hall–Kier alpha value is -2.36. The normalized spacial score (nSPS) is 10.1. The van der Waals surface area contributed by atoms with E-state index in [1.165, 1.54) is 0 Å². The third-order valence-electron chi connectivity index (χ3n) is 2.88. The minimum atomic E-state index is 0.568. The maximum Gasteiger partial charge on any atom is 0.150 e. The number of aromatic nitrogens is 1. The van der Waals surface area contributed by atoms with Crippen LogP contribution >= 0.6 is 0 Å². The highest BCUT2D eigenvalue weighted by atomic mass is 16.5. The van der Waals surface area contributed by atoms with Crippen LogP contribution in [0.3, 0.4) is 0 Å². The van der Waals surface area contributed by atoms with Gasteiger partial charge in [-0.05, 0) is 36.2 Å². The Morgan fingerprint density at radius 2 is 2.05 bits per heavy atom. The molecule has 0 atom stereocenters. The zero-order valence-electron chi connectivity index (χ0n) is 11.6. The lowest BCUT2D eigenvalue weighted by atomic mass is 10.0. The molecule has 104 valence electrons. The van der Waals surface area contributed by atoms with Gasteiger partial charge in [-0.25, -0.2) is 0 Å². The second kappa shape index (κ2) is 6.70. The molecule has 0 radical (unpaired) electrons. The van der Waals surface area contributed by atoms with Gasteiger partial charge in [-0.15, -0.1) is 0 Å². The van der Waals surface area contributed by atoms with Crippen LogP contribution in [0.25, 0.3) is 11.1 Å². The quantitative estimate of drug-likeness (QED) is 0.756. The van der Waals surface area contributed by atoms with Crippen LogP contribution in [0.4, 0.5) is 0 Å². The molecule has 1 aromatic carbocycles. The lowest BCUT2D eigenvalue weighted by molar-refractivity contribution is 0.112. The third-order valence-corrected chi connectivity index (χ3v) is 2.88. The van der Waals surface area contributed by atoms with Crippen molar-refractivity contribution in [3.05, 3.63) is 42.2 Å². The van der Waals surface area contributed by atoms with E-state index in [0.29, 0.717) is 23.7 Å². The monoisotopic (exact) mass is 271 g/mol. The van der Waals surface area contributed by atoms with Gasteiger partial charge < -0.3 is 9.47 Å². The summed E-state index contributed by atoms with van der Waals surface area (Å²) in [5.74, 6) is 1.36. The fourth-order valence-electron chi connectivity index (χ4n) is 1.89. The summed E-state index contributed by atoms with van der Waals surface area (Å²) in [7, 11) is 1.57. The number of methoxy groups -OCH3 is 1. The molecule has 0 saturated carbocycles. The average molecular weight is 271 g/mol. The summed E-state index contributed by atoms with van der Waals surface area (Å²) in [5.41, 5.74) is 2.23. The maximum absolute atomic E-state index is 11.2. The zero-order chi connectivity index (χ0) is 14.4. The van der Waals surface area contributed by atoms with Crippen LogP contribution in [0.1, 0.15) is 23.7 Å². The van der Waals surface area contributed by atoms with Crippen molar-refractivity contribution in [2.45, 2.75) is 13.3 Å². The molecule has 0 unspecified atom stereocenters. The van der Waals surface area contributed by atoms with E-state index in [-0.39, 0.29) is 0 Å². The molecule has 0 aliphatic rings. The summed E-state index contributed by atoms with van der Waals surface area (Å²) in [5, 5.41) is 0. The molecule has 0 aliphatic carbocycles. The molecule has 4 nitrogen and oxygen atoms in total. The molecule has 0 fully saturated rings. The Bertz CT molecular complexity index is 596. The molecule has 20 heavy (non-hydrogen) atoms. The number of pyridine rings is 1. The van der Waals surface area contributed by atoms with Crippen molar-refractivity contribution in [3.63, 3.8) is 0 Å². The molecule has 2 aromatic rings. The van der Waals surface area contributed by atoms with Crippen molar-refractivity contribution >= 4 is 6.29 Å². The molecule has 1 heterocycles. The predicted molar refractivity (Wildman–Crippen MR) is 77.4 cm³/mol. The number of ether oxygens (including phenoxy) is 2. The number of benzene rings is 1. The SMILES string of the molecule is CCCOc1cncc(-c2ccc(OC)cc2C=O)c1. The smallest absolute Gasteiger partial charge is 0.150 e. The lowest BCUT2D eigenvalue weighted by Crippen LogP contribution is -1.96. The molecule has 0 amide bonds. The number of carbonyl (C=O) groups is 1. The topological polar surface area (TPSA) is 48.4 Å². The van der Waals surface area contributed by atoms with Crippen LogP contribution < -0.4 is 9.47 Å². The van der Waals surface area contributed by atoms with Crippen molar-refractivity contribution in [1.82, 2.24) is 4.98 Å². The minimum Gasteiger partial charge on any atom is -0.497 e. The van der Waals surface area contributed by atoms with E-state index in [4.69, 9.17) is 9.47 Å². The van der Waals surface area contributed by atoms with Crippen LogP contribution in [0.2, 0.25) is 0 Å². The van der Waals surface area contributed by atoms with Gasteiger partial charge in [-0.1, -0.05) is 6.92 Å². The van der Waals surface area contributed by atoms with Crippen molar-refractivity contribution in [2.75, 3.05) is 13.7 Å². The summed E-state index contributed by atoms with van der Waals surface area (Å²) < 4.78 is 10.7. The number of aldehydes is 1. The summed E-state index contributed by atoms with van der Waals surface area (Å²) in [6, 6.07) is 7.27. The number of rotatable bonds is 6. The van der Waals surface area contributed by atoms with E-state index in [9.17, 15) is 4.79 Å². The highest BCUT2D eigenvalue weighted by molar-refractivity contribution is 5.88. The first-order valence-electron chi connectivity index (χ1n) is 6.50. The van der Waals surface area contributed by atoms with Crippen molar-refractivity contribution < 1.29 is 14.3 Å². The maximum atomic E-state index is 11.2. The van der Waals surface area contributed by atoms with Gasteiger partial charge >= 0.3 is 0 Å². The molecule has 0 N–H and O–H groups in total. The fraction of sp³-hybridized carbons (Fsp3) is 0.250. The van der Waals surface area contributed by atoms with Crippen LogP contribution in [-0.4, -0.2) is 25.0 Å². The van der Waals surface area contributed by atoms with E-state index in [0.717, 1.165) is 23.8 Å². The van der Waals surface area contributed by atoms with E-state index >= 15 is 0 Å². The third kappa shape index (κ3) is 3.15. The molecule has 4 heteroatoms. The highest BCUT2D eigenvalue weighted by Crippen LogP contribution is 2.28. The van der Waals surface area contributed by atoms with Gasteiger partial charge in [0.1, 0.15) is 11.5 Å². The average Bonchev–Trinajstić information content (AvgIpc) is 2.52. The number of hydrogen-bond donors (Lipinski definition) is 0. The van der Waals surface area contributed by atoms with Gasteiger partial charge in [0.2, 0.25) is 0 Å². The first kappa shape index (κ1) is 14.1. The summed E-state index contributed by atoms with van der Waals surface area (Å²) in [4.78, 5) is 15.4. The van der Waals surface area contributed by atoms with Crippen LogP contribution in [0.5, 0.6) is 11.5 Å². The van der Waals surface area contributed by atoms with E-state index < -0.39 is 0 Å². The van der Waals surface area contributed by atoms with Gasteiger partial charge in [0.25, 0.3) is 0 Å². The van der Waals surface area contributed by atoms with E-state index in [2.05, 4.69) is 4.98 Å². The van der Waals surface area contributed by atoms with Gasteiger partial charge in [0.05, 0.1) is 19.9 Å². The summed E-state index contributed by atoms with van der Waals surface area (Å²) in [6.45, 7) is 2.69. The fourth-order valence-corrected chi connectivity index (χ4v) is 1.89.